The molecule has 0 heterocycles. The standard InChI is InChI=1S/C35H30N2O3/c38-34(29-11-6-12-32(21-29)37-35(39)40-23-24-7-2-1-3-8-24)36-31-17-15-27(16-18-31)33-22-30(33)20-25-13-14-26-9-4-5-10-28(26)19-25/h1-19,21,30,33H,20,22-23H2,(H,36,38)(H,37,39)/t30-,33-/m0/s1. The molecule has 6 rings (SSSR count). The van der Waals surface area contributed by atoms with Crippen LogP contribution in [0.4, 0.5) is 16.2 Å². The van der Waals surface area contributed by atoms with Crippen LogP contribution in [0.3, 0.4) is 0 Å². The molecule has 5 aromatic rings. The number of carbonyl (C=O) groups is 2. The summed E-state index contributed by atoms with van der Waals surface area (Å²) in [6, 6.07) is 39.7. The van der Waals surface area contributed by atoms with Gasteiger partial charge in [-0.3, -0.25) is 10.1 Å². The Morgan fingerprint density at radius 1 is 0.675 bits per heavy atom. The van der Waals surface area contributed by atoms with Crippen LogP contribution in [-0.4, -0.2) is 12.0 Å². The van der Waals surface area contributed by atoms with Crippen LogP contribution in [0.15, 0.2) is 121 Å². The second-order valence-electron chi connectivity index (χ2n) is 10.3. The van der Waals surface area contributed by atoms with E-state index in [0.29, 0.717) is 23.1 Å². The van der Waals surface area contributed by atoms with Crippen molar-refractivity contribution in [2.24, 2.45) is 5.92 Å². The summed E-state index contributed by atoms with van der Waals surface area (Å²) < 4.78 is 5.27. The van der Waals surface area contributed by atoms with Crippen molar-refractivity contribution >= 4 is 34.1 Å². The number of benzene rings is 5. The summed E-state index contributed by atoms with van der Waals surface area (Å²) in [5, 5.41) is 8.22. The smallest absolute Gasteiger partial charge is 0.411 e. The molecular weight excluding hydrogens is 496 g/mol. The first-order valence-electron chi connectivity index (χ1n) is 13.6. The van der Waals surface area contributed by atoms with Crippen molar-refractivity contribution < 1.29 is 14.3 Å². The number of hydrogen-bond acceptors (Lipinski definition) is 3. The molecule has 1 aliphatic rings. The van der Waals surface area contributed by atoms with Gasteiger partial charge in [-0.1, -0.05) is 91.0 Å². The summed E-state index contributed by atoms with van der Waals surface area (Å²) in [6.07, 6.45) is 1.69. The zero-order valence-electron chi connectivity index (χ0n) is 22.0. The predicted molar refractivity (Wildman–Crippen MR) is 160 cm³/mol. The Morgan fingerprint density at radius 3 is 2.27 bits per heavy atom. The summed E-state index contributed by atoms with van der Waals surface area (Å²) in [5.74, 6) is 0.964. The van der Waals surface area contributed by atoms with Crippen LogP contribution >= 0.6 is 0 Å². The van der Waals surface area contributed by atoms with Crippen LogP contribution in [0.5, 0.6) is 0 Å². The second-order valence-corrected chi connectivity index (χ2v) is 10.3. The topological polar surface area (TPSA) is 67.4 Å². The highest BCUT2D eigenvalue weighted by Gasteiger charge is 2.37. The first kappa shape index (κ1) is 25.4. The molecule has 0 aliphatic heterocycles. The molecule has 2 N–H and O–H groups in total. The number of nitrogens with one attached hydrogen (secondary N) is 2. The minimum absolute atomic E-state index is 0.174. The third-order valence-electron chi connectivity index (χ3n) is 7.41. The molecule has 0 radical (unpaired) electrons. The number of ether oxygens (including phenoxy) is 1. The van der Waals surface area contributed by atoms with Crippen molar-refractivity contribution in [1.29, 1.82) is 0 Å². The number of carbonyl (C=O) groups excluding carboxylic acids is 2. The van der Waals surface area contributed by atoms with Crippen LogP contribution in [0.1, 0.15) is 39.4 Å². The van der Waals surface area contributed by atoms with Gasteiger partial charge in [-0.2, -0.15) is 0 Å². The minimum atomic E-state index is -0.573. The molecule has 2 atom stereocenters. The summed E-state index contributed by atoms with van der Waals surface area (Å²) in [5.41, 5.74) is 5.27. The van der Waals surface area contributed by atoms with Crippen molar-refractivity contribution in [3.63, 3.8) is 0 Å². The Kier molecular flexibility index (Phi) is 7.27. The van der Waals surface area contributed by atoms with E-state index >= 15 is 0 Å². The largest absolute Gasteiger partial charge is 0.444 e. The molecule has 1 aliphatic carbocycles. The van der Waals surface area contributed by atoms with Crippen LogP contribution < -0.4 is 10.6 Å². The SMILES string of the molecule is O=C(Nc1cccc(C(=O)Nc2ccc([C@@H]3C[C@@H]3Cc3ccc4ccccc4c3)cc2)c1)OCc1ccccc1. The molecule has 5 aromatic carbocycles. The van der Waals surface area contributed by atoms with E-state index in [0.717, 1.165) is 17.7 Å². The molecular formula is C35H30N2O3. The molecule has 198 valence electrons. The highest BCUT2D eigenvalue weighted by Crippen LogP contribution is 2.49. The van der Waals surface area contributed by atoms with Gasteiger partial charge in [0.25, 0.3) is 5.91 Å². The fourth-order valence-electron chi connectivity index (χ4n) is 5.18. The van der Waals surface area contributed by atoms with Gasteiger partial charge in [0.1, 0.15) is 6.61 Å². The molecule has 0 aromatic heterocycles. The maximum absolute atomic E-state index is 12.9. The summed E-state index contributed by atoms with van der Waals surface area (Å²) >= 11 is 0. The fourth-order valence-corrected chi connectivity index (χ4v) is 5.18. The van der Waals surface area contributed by atoms with Gasteiger partial charge in [0.15, 0.2) is 0 Å². The van der Waals surface area contributed by atoms with Gasteiger partial charge < -0.3 is 10.1 Å². The van der Waals surface area contributed by atoms with Gasteiger partial charge in [0.2, 0.25) is 0 Å². The van der Waals surface area contributed by atoms with Crippen molar-refractivity contribution in [3.05, 3.63) is 144 Å². The van der Waals surface area contributed by atoms with Crippen LogP contribution in [0.25, 0.3) is 10.8 Å². The molecule has 2 amide bonds. The van der Waals surface area contributed by atoms with Crippen molar-refractivity contribution in [2.75, 3.05) is 10.6 Å². The number of amides is 2. The summed E-state index contributed by atoms with van der Waals surface area (Å²) in [7, 11) is 0. The lowest BCUT2D eigenvalue weighted by atomic mass is 10.0. The minimum Gasteiger partial charge on any atom is -0.444 e. The first-order chi connectivity index (χ1) is 19.6. The Balaban J connectivity index is 1.01. The van der Waals surface area contributed by atoms with Gasteiger partial charge >= 0.3 is 6.09 Å². The number of rotatable bonds is 8. The van der Waals surface area contributed by atoms with Gasteiger partial charge in [-0.05, 0) is 82.5 Å². The zero-order chi connectivity index (χ0) is 27.3. The molecule has 1 saturated carbocycles. The van der Waals surface area contributed by atoms with E-state index in [9.17, 15) is 9.59 Å². The molecule has 5 nitrogen and oxygen atoms in total. The van der Waals surface area contributed by atoms with E-state index < -0.39 is 6.09 Å². The Morgan fingerprint density at radius 2 is 1.45 bits per heavy atom. The van der Waals surface area contributed by atoms with E-state index in [2.05, 4.69) is 65.2 Å². The maximum atomic E-state index is 12.9. The molecule has 0 unspecified atom stereocenters. The third-order valence-corrected chi connectivity index (χ3v) is 7.41. The summed E-state index contributed by atoms with van der Waals surface area (Å²) in [4.78, 5) is 25.1. The van der Waals surface area contributed by atoms with E-state index in [1.165, 1.54) is 28.3 Å². The molecule has 0 saturated heterocycles. The van der Waals surface area contributed by atoms with Crippen molar-refractivity contribution in [3.8, 4) is 0 Å². The molecule has 40 heavy (non-hydrogen) atoms. The van der Waals surface area contributed by atoms with E-state index in [1.807, 2.05) is 42.5 Å². The number of fused-ring (bicyclic) bond motifs is 1. The fraction of sp³-hybridized carbons (Fsp3) is 0.143. The molecule has 5 heteroatoms. The van der Waals surface area contributed by atoms with Gasteiger partial charge in [-0.15, -0.1) is 0 Å². The van der Waals surface area contributed by atoms with Crippen molar-refractivity contribution in [1.82, 2.24) is 0 Å². The molecule has 1 fully saturated rings. The van der Waals surface area contributed by atoms with E-state index in [4.69, 9.17) is 4.74 Å². The van der Waals surface area contributed by atoms with E-state index in [1.54, 1.807) is 24.3 Å². The monoisotopic (exact) mass is 526 g/mol. The molecule has 0 spiro atoms. The quantitative estimate of drug-likeness (QED) is 0.214. The Labute approximate surface area is 233 Å². The maximum Gasteiger partial charge on any atom is 0.411 e. The average molecular weight is 527 g/mol. The molecule has 0 bridgehead atoms. The highest BCUT2D eigenvalue weighted by atomic mass is 16.5. The summed E-state index contributed by atoms with van der Waals surface area (Å²) in [6.45, 7) is 0.174. The lowest BCUT2D eigenvalue weighted by Crippen LogP contribution is -2.15. The Bertz CT molecular complexity index is 1650. The van der Waals surface area contributed by atoms with Gasteiger partial charge in [0.05, 0.1) is 0 Å². The average Bonchev–Trinajstić information content (AvgIpc) is 3.76. The highest BCUT2D eigenvalue weighted by molar-refractivity contribution is 6.05. The second kappa shape index (κ2) is 11.5. The van der Waals surface area contributed by atoms with Gasteiger partial charge in [0, 0.05) is 16.9 Å². The number of hydrogen-bond donors (Lipinski definition) is 2. The third kappa shape index (κ3) is 6.21. The van der Waals surface area contributed by atoms with Crippen LogP contribution in [0, 0.1) is 5.92 Å². The predicted octanol–water partition coefficient (Wildman–Crippen LogP) is 8.19. The van der Waals surface area contributed by atoms with Crippen molar-refractivity contribution in [2.45, 2.75) is 25.4 Å². The lowest BCUT2D eigenvalue weighted by molar-refractivity contribution is 0.102. The zero-order valence-corrected chi connectivity index (χ0v) is 22.0. The first-order valence-corrected chi connectivity index (χ1v) is 13.6. The van der Waals surface area contributed by atoms with Crippen LogP contribution in [-0.2, 0) is 17.8 Å². The van der Waals surface area contributed by atoms with Gasteiger partial charge in [-0.25, -0.2) is 4.79 Å². The van der Waals surface area contributed by atoms with Crippen LogP contribution in [0.2, 0.25) is 0 Å². The normalized spacial score (nSPS) is 15.8. The Hall–Kier alpha value is -4.90. The van der Waals surface area contributed by atoms with E-state index in [-0.39, 0.29) is 12.5 Å². The number of anilines is 2. The lowest BCUT2D eigenvalue weighted by Gasteiger charge is -2.10.